The van der Waals surface area contributed by atoms with Gasteiger partial charge in [-0.3, -0.25) is 14.4 Å². The van der Waals surface area contributed by atoms with Crippen molar-refractivity contribution in [1.29, 1.82) is 0 Å². The van der Waals surface area contributed by atoms with Crippen LogP contribution in [0.2, 0.25) is 0 Å². The Hall–Kier alpha value is -1.99. The molecule has 0 saturated carbocycles. The second-order valence-electron chi connectivity index (χ2n) is 8.41. The van der Waals surface area contributed by atoms with Crippen molar-refractivity contribution >= 4 is 34.7 Å². The van der Waals surface area contributed by atoms with E-state index in [1.54, 1.807) is 26.1 Å². The summed E-state index contributed by atoms with van der Waals surface area (Å²) in [4.78, 5) is 48.7. The third-order valence-electron chi connectivity index (χ3n) is 4.48. The Kier molecular flexibility index (Phi) is 10.1. The van der Waals surface area contributed by atoms with E-state index >= 15 is 0 Å². The van der Waals surface area contributed by atoms with Gasteiger partial charge < -0.3 is 15.0 Å². The quantitative estimate of drug-likeness (QED) is 0.308. The lowest BCUT2D eigenvalue weighted by Gasteiger charge is -2.30. The van der Waals surface area contributed by atoms with Crippen LogP contribution in [0.4, 0.5) is 26.3 Å². The van der Waals surface area contributed by atoms with E-state index in [2.05, 4.69) is 0 Å². The summed E-state index contributed by atoms with van der Waals surface area (Å²) in [6, 6.07) is -0.951. The topological polar surface area (TPSA) is 92.8 Å². The maximum Gasteiger partial charge on any atom is 0.471 e. The van der Waals surface area contributed by atoms with Crippen LogP contribution in [-0.4, -0.2) is 70.6 Å². The highest BCUT2D eigenvalue weighted by molar-refractivity contribution is 8.13. The van der Waals surface area contributed by atoms with E-state index in [1.807, 2.05) is 0 Å². The molecule has 1 fully saturated rings. The minimum absolute atomic E-state index is 0.128. The van der Waals surface area contributed by atoms with Crippen LogP contribution < -0.4 is 5.32 Å². The summed E-state index contributed by atoms with van der Waals surface area (Å²) in [5, 5.41) is -0.503. The molecule has 1 rings (SSSR count). The number of likely N-dealkylation sites (tertiary alicyclic amines) is 1. The lowest BCUT2D eigenvalue weighted by Crippen LogP contribution is -2.46. The van der Waals surface area contributed by atoms with Gasteiger partial charge in [-0.15, -0.1) is 0 Å². The summed E-state index contributed by atoms with van der Waals surface area (Å²) in [5.74, 6) is -5.33. The first-order valence-corrected chi connectivity index (χ1v) is 11.0. The molecule has 1 aliphatic rings. The molecule has 0 radical (unpaired) electrons. The largest absolute Gasteiger partial charge is 0.471 e. The monoisotopic (exact) mass is 508 g/mol. The van der Waals surface area contributed by atoms with E-state index in [9.17, 15) is 45.5 Å². The van der Waals surface area contributed by atoms with Crippen LogP contribution in [0.5, 0.6) is 0 Å². The summed E-state index contributed by atoms with van der Waals surface area (Å²) in [6.07, 6.45) is -9.86. The third kappa shape index (κ3) is 9.80. The lowest BCUT2D eigenvalue weighted by atomic mass is 10.0. The molecule has 1 unspecified atom stereocenters. The smallest absolute Gasteiger partial charge is 0.458 e. The van der Waals surface area contributed by atoms with Crippen LogP contribution >= 0.6 is 11.8 Å². The molecular formula is C19H26F6N2O5S. The van der Waals surface area contributed by atoms with E-state index in [0.29, 0.717) is 6.42 Å². The average molecular weight is 508 g/mol. The highest BCUT2D eigenvalue weighted by Gasteiger charge is 2.42. The number of esters is 1. The molecule has 1 aliphatic heterocycles. The van der Waals surface area contributed by atoms with Gasteiger partial charge in [0, 0.05) is 24.8 Å². The zero-order valence-electron chi connectivity index (χ0n) is 18.3. The Balaban J connectivity index is 2.87. The van der Waals surface area contributed by atoms with Gasteiger partial charge in [-0.2, -0.15) is 26.3 Å². The van der Waals surface area contributed by atoms with Gasteiger partial charge in [0.1, 0.15) is 11.6 Å². The van der Waals surface area contributed by atoms with Crippen molar-refractivity contribution in [3.63, 3.8) is 0 Å². The maximum absolute atomic E-state index is 13.0. The van der Waals surface area contributed by atoms with Crippen molar-refractivity contribution < 1.29 is 50.3 Å². The Morgan fingerprint density at radius 1 is 1.06 bits per heavy atom. The molecule has 2 atom stereocenters. The molecule has 33 heavy (non-hydrogen) atoms. The second kappa shape index (κ2) is 11.4. The van der Waals surface area contributed by atoms with Crippen molar-refractivity contribution in [3.8, 4) is 0 Å². The Morgan fingerprint density at radius 3 is 2.18 bits per heavy atom. The van der Waals surface area contributed by atoms with Gasteiger partial charge in [0.25, 0.3) is 5.12 Å². The molecule has 0 aliphatic carbocycles. The van der Waals surface area contributed by atoms with Gasteiger partial charge in [-0.1, -0.05) is 11.8 Å². The van der Waals surface area contributed by atoms with Crippen LogP contribution in [-0.2, 0) is 23.9 Å². The Labute approximate surface area is 190 Å². The van der Waals surface area contributed by atoms with E-state index in [1.165, 1.54) is 4.90 Å². The molecule has 0 aromatic heterocycles. The first-order valence-electron chi connectivity index (χ1n) is 10.1. The van der Waals surface area contributed by atoms with E-state index in [4.69, 9.17) is 4.74 Å². The van der Waals surface area contributed by atoms with Gasteiger partial charge in [0.15, 0.2) is 0 Å². The number of nitrogens with one attached hydrogen (secondary N) is 1. The summed E-state index contributed by atoms with van der Waals surface area (Å²) in [5.41, 5.74) is -0.834. The molecule has 190 valence electrons. The number of hydrogen-bond donors (Lipinski definition) is 1. The molecule has 2 amide bonds. The van der Waals surface area contributed by atoms with Crippen LogP contribution in [0, 0.1) is 5.92 Å². The number of thioether (sulfide) groups is 1. The highest BCUT2D eigenvalue weighted by Crippen LogP contribution is 2.29. The number of alkyl halides is 6. The minimum Gasteiger partial charge on any atom is -0.458 e. The van der Waals surface area contributed by atoms with Crippen LogP contribution in [0.15, 0.2) is 0 Å². The molecule has 1 heterocycles. The van der Waals surface area contributed by atoms with E-state index < -0.39 is 65.1 Å². The van der Waals surface area contributed by atoms with E-state index in [-0.39, 0.29) is 37.6 Å². The van der Waals surface area contributed by atoms with Crippen molar-refractivity contribution in [2.24, 2.45) is 5.92 Å². The summed E-state index contributed by atoms with van der Waals surface area (Å²) < 4.78 is 79.7. The summed E-state index contributed by atoms with van der Waals surface area (Å²) in [6.45, 7) is 4.55. The fourth-order valence-corrected chi connectivity index (χ4v) is 3.89. The number of hydrogen-bond acceptors (Lipinski definition) is 6. The van der Waals surface area contributed by atoms with Crippen molar-refractivity contribution in [2.75, 3.05) is 18.8 Å². The number of carbonyl (C=O) groups is 4. The van der Waals surface area contributed by atoms with Crippen LogP contribution in [0.1, 0.15) is 46.5 Å². The van der Waals surface area contributed by atoms with Gasteiger partial charge in [0.2, 0.25) is 5.91 Å². The van der Waals surface area contributed by atoms with E-state index in [0.717, 1.165) is 0 Å². The number of ether oxygens (including phenoxy) is 1. The van der Waals surface area contributed by atoms with Gasteiger partial charge >= 0.3 is 24.2 Å². The van der Waals surface area contributed by atoms with Crippen LogP contribution in [0.3, 0.4) is 0 Å². The van der Waals surface area contributed by atoms with Gasteiger partial charge in [-0.05, 0) is 46.5 Å². The number of rotatable bonds is 8. The molecule has 7 nitrogen and oxygen atoms in total. The maximum atomic E-state index is 13.0. The normalized spacial score (nSPS) is 18.1. The zero-order chi connectivity index (χ0) is 25.6. The average Bonchev–Trinajstić information content (AvgIpc) is 3.13. The molecular weight excluding hydrogens is 482 g/mol. The van der Waals surface area contributed by atoms with Crippen LogP contribution in [0.25, 0.3) is 0 Å². The summed E-state index contributed by atoms with van der Waals surface area (Å²) >= 11 is -0.128. The molecule has 1 saturated heterocycles. The fraction of sp³-hybridized carbons (Fsp3) is 0.789. The number of nitrogens with zero attached hydrogens (tertiary/aromatic N) is 1. The lowest BCUT2D eigenvalue weighted by molar-refractivity contribution is -0.173. The first-order chi connectivity index (χ1) is 14.9. The minimum atomic E-state index is -5.12. The Morgan fingerprint density at radius 2 is 1.67 bits per heavy atom. The van der Waals surface area contributed by atoms with Crippen molar-refractivity contribution in [2.45, 2.75) is 70.4 Å². The van der Waals surface area contributed by atoms with Gasteiger partial charge in [0.05, 0.1) is 0 Å². The standard InChI is InChI=1S/C19H26F6N2O5S/c1-17(2,3)32-14(29)12-7-5-9-27(12)13(28)11(10-33-16(31)19(23,24)25)6-4-8-26-15(30)18(20,21)22/h11-12H,4-10H2,1-3H3,(H,26,30)/t11?,12-/m0/s1. The third-order valence-corrected chi connectivity index (χ3v) is 5.55. The molecule has 0 aromatic carbocycles. The van der Waals surface area contributed by atoms with Crippen molar-refractivity contribution in [3.05, 3.63) is 0 Å². The Bertz CT molecular complexity index is 736. The number of carbonyl (C=O) groups excluding carboxylic acids is 4. The van der Waals surface area contributed by atoms with Gasteiger partial charge in [-0.25, -0.2) is 4.79 Å². The predicted octanol–water partition coefficient (Wildman–Crippen LogP) is 3.22. The van der Waals surface area contributed by atoms with Crippen molar-refractivity contribution in [1.82, 2.24) is 10.2 Å². The zero-order valence-corrected chi connectivity index (χ0v) is 19.1. The molecule has 0 bridgehead atoms. The number of amides is 2. The molecule has 0 aromatic rings. The SMILES string of the molecule is CC(C)(C)OC(=O)[C@@H]1CCCN1C(=O)C(CCCNC(=O)C(F)(F)F)CSC(=O)C(F)(F)F. The molecule has 0 spiro atoms. The highest BCUT2D eigenvalue weighted by atomic mass is 32.2. The molecule has 1 N–H and O–H groups in total. The first kappa shape index (κ1) is 29.0. The summed E-state index contributed by atoms with van der Waals surface area (Å²) in [7, 11) is 0. The number of halogens is 6. The predicted molar refractivity (Wildman–Crippen MR) is 106 cm³/mol. The second-order valence-corrected chi connectivity index (χ2v) is 9.40. The fourth-order valence-electron chi connectivity index (χ4n) is 3.07. The molecule has 14 heteroatoms.